The fourth-order valence-electron chi connectivity index (χ4n) is 1.72. The summed E-state index contributed by atoms with van der Waals surface area (Å²) in [4.78, 5) is 12.2. The van der Waals surface area contributed by atoms with Gasteiger partial charge in [0.1, 0.15) is 5.69 Å². The van der Waals surface area contributed by atoms with Crippen LogP contribution in [0.4, 0.5) is 11.4 Å². The van der Waals surface area contributed by atoms with E-state index in [1.165, 1.54) is 4.68 Å². The first-order chi connectivity index (χ1) is 8.90. The lowest BCUT2D eigenvalue weighted by Crippen LogP contribution is -2.17. The van der Waals surface area contributed by atoms with Crippen molar-refractivity contribution in [1.82, 2.24) is 9.78 Å². The van der Waals surface area contributed by atoms with Gasteiger partial charge >= 0.3 is 0 Å². The van der Waals surface area contributed by atoms with Gasteiger partial charge in [0.15, 0.2) is 0 Å². The molecular formula is C12H12ClIN4O. The molecule has 0 atom stereocenters. The summed E-state index contributed by atoms with van der Waals surface area (Å²) in [6, 6.07) is 5.39. The lowest BCUT2D eigenvalue weighted by molar-refractivity contribution is 0.101. The molecule has 3 N–H and O–H groups in total. The predicted octanol–water partition coefficient (Wildman–Crippen LogP) is 2.82. The number of anilines is 2. The molecule has 0 unspecified atom stereocenters. The fourth-order valence-corrected chi connectivity index (χ4v) is 2.62. The zero-order valence-corrected chi connectivity index (χ0v) is 13.3. The highest BCUT2D eigenvalue weighted by Crippen LogP contribution is 2.25. The van der Waals surface area contributed by atoms with Crippen molar-refractivity contribution in [3.8, 4) is 0 Å². The Balaban J connectivity index is 2.31. The molecule has 0 aliphatic rings. The number of carbonyl (C=O) groups excluding carboxylic acids is 1. The second-order valence-electron chi connectivity index (χ2n) is 4.05. The van der Waals surface area contributed by atoms with Gasteiger partial charge in [-0.25, -0.2) is 0 Å². The third-order valence-electron chi connectivity index (χ3n) is 2.66. The highest BCUT2D eigenvalue weighted by molar-refractivity contribution is 14.1. The van der Waals surface area contributed by atoms with Crippen LogP contribution in [0.2, 0.25) is 5.02 Å². The number of hydrogen-bond acceptors (Lipinski definition) is 3. The smallest absolute Gasteiger partial charge is 0.276 e. The predicted molar refractivity (Wildman–Crippen MR) is 84.5 cm³/mol. The molecule has 1 heterocycles. The van der Waals surface area contributed by atoms with Gasteiger partial charge in [-0.05, 0) is 47.7 Å². The van der Waals surface area contributed by atoms with Crippen LogP contribution in [0.15, 0.2) is 18.2 Å². The Hall–Kier alpha value is -1.28. The number of nitrogens with two attached hydrogens (primary N) is 1. The molecule has 19 heavy (non-hydrogen) atoms. The van der Waals surface area contributed by atoms with Gasteiger partial charge in [-0.2, -0.15) is 5.10 Å². The molecule has 7 heteroatoms. The van der Waals surface area contributed by atoms with E-state index in [-0.39, 0.29) is 5.91 Å². The van der Waals surface area contributed by atoms with Crippen LogP contribution in [0.3, 0.4) is 0 Å². The van der Waals surface area contributed by atoms with Crippen molar-refractivity contribution >= 4 is 51.5 Å². The van der Waals surface area contributed by atoms with E-state index in [1.54, 1.807) is 26.1 Å². The van der Waals surface area contributed by atoms with E-state index in [9.17, 15) is 4.79 Å². The Kier molecular flexibility index (Phi) is 4.00. The average molecular weight is 391 g/mol. The molecule has 1 aromatic heterocycles. The Morgan fingerprint density at radius 3 is 2.74 bits per heavy atom. The van der Waals surface area contributed by atoms with Crippen LogP contribution in [0.1, 0.15) is 16.2 Å². The highest BCUT2D eigenvalue weighted by Gasteiger charge is 2.18. The van der Waals surface area contributed by atoms with E-state index in [4.69, 9.17) is 17.3 Å². The fraction of sp³-hybridized carbons (Fsp3) is 0.167. The van der Waals surface area contributed by atoms with E-state index in [0.717, 1.165) is 3.57 Å². The highest BCUT2D eigenvalue weighted by atomic mass is 127. The molecule has 2 aromatic rings. The summed E-state index contributed by atoms with van der Waals surface area (Å²) in [6.07, 6.45) is 0. The van der Waals surface area contributed by atoms with Gasteiger partial charge in [-0.15, -0.1) is 0 Å². The average Bonchev–Trinajstić information content (AvgIpc) is 2.57. The maximum atomic E-state index is 12.2. The topological polar surface area (TPSA) is 72.9 Å². The number of benzene rings is 1. The zero-order chi connectivity index (χ0) is 14.2. The van der Waals surface area contributed by atoms with Crippen LogP contribution < -0.4 is 11.1 Å². The minimum absolute atomic E-state index is 0.326. The summed E-state index contributed by atoms with van der Waals surface area (Å²) in [7, 11) is 1.67. The first-order valence-electron chi connectivity index (χ1n) is 5.45. The Morgan fingerprint density at radius 2 is 2.21 bits per heavy atom. The molecule has 0 bridgehead atoms. The van der Waals surface area contributed by atoms with Crippen molar-refractivity contribution in [3.63, 3.8) is 0 Å². The first-order valence-corrected chi connectivity index (χ1v) is 6.91. The number of aromatic nitrogens is 2. The summed E-state index contributed by atoms with van der Waals surface area (Å²) in [5, 5.41) is 7.32. The molecular weight excluding hydrogens is 379 g/mol. The number of rotatable bonds is 2. The largest absolute Gasteiger partial charge is 0.395 e. The van der Waals surface area contributed by atoms with Crippen LogP contribution in [-0.2, 0) is 7.05 Å². The quantitative estimate of drug-likeness (QED) is 0.775. The van der Waals surface area contributed by atoms with Crippen molar-refractivity contribution in [2.24, 2.45) is 7.05 Å². The van der Waals surface area contributed by atoms with Crippen molar-refractivity contribution in [2.45, 2.75) is 6.92 Å². The van der Waals surface area contributed by atoms with E-state index >= 15 is 0 Å². The molecule has 0 aliphatic heterocycles. The molecule has 1 amide bonds. The third kappa shape index (κ3) is 2.84. The van der Waals surface area contributed by atoms with Gasteiger partial charge < -0.3 is 11.1 Å². The number of carbonyl (C=O) groups is 1. The van der Waals surface area contributed by atoms with Gasteiger partial charge in [0.2, 0.25) is 0 Å². The second kappa shape index (κ2) is 5.38. The third-order valence-corrected chi connectivity index (χ3v) is 3.65. The van der Waals surface area contributed by atoms with Crippen LogP contribution in [0.5, 0.6) is 0 Å². The lowest BCUT2D eigenvalue weighted by Gasteiger charge is -2.08. The number of nitrogens with one attached hydrogen (secondary N) is 1. The van der Waals surface area contributed by atoms with Crippen molar-refractivity contribution in [3.05, 3.63) is 38.2 Å². The monoisotopic (exact) mass is 390 g/mol. The molecule has 100 valence electrons. The van der Waals surface area contributed by atoms with E-state index in [1.807, 2.05) is 6.07 Å². The van der Waals surface area contributed by atoms with Crippen molar-refractivity contribution in [2.75, 3.05) is 11.1 Å². The second-order valence-corrected chi connectivity index (χ2v) is 5.70. The number of aryl methyl sites for hydroxylation is 2. The van der Waals surface area contributed by atoms with Gasteiger partial charge in [0.25, 0.3) is 5.91 Å². The normalized spacial score (nSPS) is 10.5. The summed E-state index contributed by atoms with van der Waals surface area (Å²) in [6.45, 7) is 1.75. The summed E-state index contributed by atoms with van der Waals surface area (Å²) in [5.74, 6) is -0.330. The number of hydrogen-bond donors (Lipinski definition) is 2. The molecule has 0 fully saturated rings. The first kappa shape index (κ1) is 14.1. The SMILES string of the molecule is Cc1nn(C)c(C(=O)Nc2ccc(I)cc2Cl)c1N. The Morgan fingerprint density at radius 1 is 1.53 bits per heavy atom. The van der Waals surface area contributed by atoms with E-state index in [2.05, 4.69) is 33.0 Å². The summed E-state index contributed by atoms with van der Waals surface area (Å²) >= 11 is 8.22. The Bertz CT molecular complexity index is 653. The molecule has 0 saturated carbocycles. The van der Waals surface area contributed by atoms with Gasteiger partial charge in [-0.3, -0.25) is 9.48 Å². The molecule has 0 radical (unpaired) electrons. The van der Waals surface area contributed by atoms with Crippen LogP contribution >= 0.6 is 34.2 Å². The van der Waals surface area contributed by atoms with Gasteiger partial charge in [0.05, 0.1) is 22.1 Å². The molecule has 0 aliphatic carbocycles. The lowest BCUT2D eigenvalue weighted by atomic mass is 10.2. The molecule has 1 aromatic carbocycles. The summed E-state index contributed by atoms with van der Waals surface area (Å²) < 4.78 is 2.46. The van der Waals surface area contributed by atoms with Crippen LogP contribution in [-0.4, -0.2) is 15.7 Å². The molecule has 5 nitrogen and oxygen atoms in total. The number of amides is 1. The van der Waals surface area contributed by atoms with Gasteiger partial charge in [-0.1, -0.05) is 11.6 Å². The number of nitrogen functional groups attached to an aromatic ring is 1. The molecule has 0 saturated heterocycles. The number of nitrogens with zero attached hydrogens (tertiary/aromatic N) is 2. The number of halogens is 2. The van der Waals surface area contributed by atoms with Crippen molar-refractivity contribution in [1.29, 1.82) is 0 Å². The maximum absolute atomic E-state index is 12.2. The minimum atomic E-state index is -0.330. The zero-order valence-electron chi connectivity index (χ0n) is 10.4. The Labute approximate surface area is 129 Å². The van der Waals surface area contributed by atoms with Crippen molar-refractivity contribution < 1.29 is 4.79 Å². The molecule has 2 rings (SSSR count). The van der Waals surface area contributed by atoms with Gasteiger partial charge in [0, 0.05) is 10.6 Å². The molecule has 0 spiro atoms. The maximum Gasteiger partial charge on any atom is 0.276 e. The van der Waals surface area contributed by atoms with Crippen LogP contribution in [0.25, 0.3) is 0 Å². The minimum Gasteiger partial charge on any atom is -0.395 e. The van der Waals surface area contributed by atoms with E-state index in [0.29, 0.717) is 27.8 Å². The van der Waals surface area contributed by atoms with E-state index < -0.39 is 0 Å². The standard InChI is InChI=1S/C12H12ClIN4O/c1-6-10(15)11(18(2)17-6)12(19)16-9-4-3-7(14)5-8(9)13/h3-5H,15H2,1-2H3,(H,16,19). The van der Waals surface area contributed by atoms with Crippen LogP contribution in [0, 0.1) is 10.5 Å². The summed E-state index contributed by atoms with van der Waals surface area (Å²) in [5.41, 5.74) is 7.72.